The average Bonchev–Trinajstić information content (AvgIpc) is 0.917. The Balaban J connectivity index is 1.31. The van der Waals surface area contributed by atoms with Gasteiger partial charge < -0.3 is 61.8 Å². The predicted octanol–water partition coefficient (Wildman–Crippen LogP) is 4.55. The van der Waals surface area contributed by atoms with Crippen LogP contribution in [0.1, 0.15) is 46.3 Å². The van der Waals surface area contributed by atoms with E-state index >= 15 is 4.79 Å². The molecule has 2 aliphatic heterocycles. The number of methoxy groups -OCH3 is 2. The van der Waals surface area contributed by atoms with Gasteiger partial charge >= 0.3 is 5.97 Å². The van der Waals surface area contributed by atoms with Crippen LogP contribution in [0.2, 0.25) is 12.1 Å². The minimum absolute atomic E-state index is 0.0228. The van der Waals surface area contributed by atoms with Crippen LogP contribution in [0.4, 0.5) is 5.69 Å². The van der Waals surface area contributed by atoms with Crippen molar-refractivity contribution in [1.82, 2.24) is 9.96 Å². The van der Waals surface area contributed by atoms with Gasteiger partial charge in [-0.15, -0.1) is 5.06 Å². The SMILES string of the molecule is COCCOCCSCC[Si]1(CCSCCOCOCOCCOC)C2=CC(=[N+](C)C)C=CC2=C(c2ccccc2C(=O)N(CCOCCOCCOCCC(=O)ON2C(=O)CCC2=O)Cc2ccc(S(=O)(=O)O)cc2S(=O)(=O)[O-])c2ccc(N(C)C)cc21. The van der Waals surface area contributed by atoms with Crippen LogP contribution in [0, 0.1) is 0 Å². The van der Waals surface area contributed by atoms with E-state index in [1.54, 1.807) is 26.4 Å². The van der Waals surface area contributed by atoms with Crippen LogP contribution in [-0.2, 0) is 88.6 Å². The van der Waals surface area contributed by atoms with Crippen LogP contribution < -0.4 is 10.1 Å². The van der Waals surface area contributed by atoms with Crippen LogP contribution in [0.3, 0.4) is 0 Å². The van der Waals surface area contributed by atoms with Crippen molar-refractivity contribution in [2.75, 3.05) is 170 Å². The summed E-state index contributed by atoms with van der Waals surface area (Å²) in [5.74, 6) is 0.660. The number of hydrogen-bond donors (Lipinski definition) is 1. The van der Waals surface area contributed by atoms with E-state index in [9.17, 15) is 40.3 Å². The highest BCUT2D eigenvalue weighted by molar-refractivity contribution is 7.99. The first-order valence-corrected chi connectivity index (χ1v) is 36.5. The van der Waals surface area contributed by atoms with E-state index in [0.29, 0.717) is 56.3 Å². The molecule has 6 rings (SSSR count). The van der Waals surface area contributed by atoms with E-state index in [1.807, 2.05) is 63.8 Å². The molecule has 3 amide bonds. The molecule has 24 nitrogen and oxygen atoms in total. The predicted molar refractivity (Wildman–Crippen MR) is 338 cm³/mol. The third kappa shape index (κ3) is 21.7. The fourth-order valence-electron chi connectivity index (χ4n) is 9.93. The van der Waals surface area contributed by atoms with Gasteiger partial charge in [0.15, 0.2) is 5.71 Å². The van der Waals surface area contributed by atoms with Crippen molar-refractivity contribution < 1.29 is 97.2 Å². The Labute approximate surface area is 531 Å². The maximum atomic E-state index is 15.6. The molecular formula is C60H82N4O20S4Si. The quantitative estimate of drug-likeness (QED) is 0.0203. The molecule has 89 heavy (non-hydrogen) atoms. The van der Waals surface area contributed by atoms with Gasteiger partial charge in [-0.3, -0.25) is 18.9 Å². The van der Waals surface area contributed by atoms with Crippen LogP contribution in [0.5, 0.6) is 0 Å². The maximum absolute atomic E-state index is 15.6. The molecule has 1 unspecified atom stereocenters. The fourth-order valence-corrected chi connectivity index (χ4v) is 20.0. The molecule has 1 aliphatic carbocycles. The number of anilines is 1. The summed E-state index contributed by atoms with van der Waals surface area (Å²) in [6.45, 7) is 2.68. The second-order valence-corrected chi connectivity index (χ2v) is 30.3. The molecule has 0 radical (unpaired) electrons. The van der Waals surface area contributed by atoms with Crippen molar-refractivity contribution in [3.63, 3.8) is 0 Å². The monoisotopic (exact) mass is 1330 g/mol. The molecule has 3 aliphatic rings. The number of allylic oxidation sites excluding steroid dienone is 5. The van der Waals surface area contributed by atoms with Crippen molar-refractivity contribution in [3.8, 4) is 0 Å². The van der Waals surface area contributed by atoms with Gasteiger partial charge in [0.2, 0.25) is 0 Å². The van der Waals surface area contributed by atoms with Crippen molar-refractivity contribution >= 4 is 97.7 Å². The Morgan fingerprint density at radius 2 is 1.29 bits per heavy atom. The largest absolute Gasteiger partial charge is 0.744 e. The molecule has 3 aromatic rings. The molecule has 1 saturated heterocycles. The molecule has 1 N–H and O–H groups in total. The first kappa shape index (κ1) is 72.9. The summed E-state index contributed by atoms with van der Waals surface area (Å²) in [4.78, 5) is 57.8. The number of fused-ring (bicyclic) bond motifs is 2. The van der Waals surface area contributed by atoms with Gasteiger partial charge in [-0.05, 0) is 98.2 Å². The summed E-state index contributed by atoms with van der Waals surface area (Å²) in [5, 5.41) is 2.88. The number of rotatable bonds is 42. The lowest BCUT2D eigenvalue weighted by molar-refractivity contribution is -0.462. The molecule has 0 saturated carbocycles. The highest BCUT2D eigenvalue weighted by atomic mass is 32.2. The first-order chi connectivity index (χ1) is 42.7. The first-order valence-electron chi connectivity index (χ1n) is 28.9. The number of thioether (sulfide) groups is 2. The number of carbonyl (C=O) groups is 4. The highest BCUT2D eigenvalue weighted by Gasteiger charge is 2.47. The van der Waals surface area contributed by atoms with Crippen molar-refractivity contribution in [3.05, 3.63) is 112 Å². The van der Waals surface area contributed by atoms with Gasteiger partial charge in [-0.2, -0.15) is 31.9 Å². The van der Waals surface area contributed by atoms with E-state index in [1.165, 1.54) is 15.3 Å². The number of nitrogens with zero attached hydrogens (tertiary/aromatic N) is 4. The van der Waals surface area contributed by atoms with Gasteiger partial charge in [-0.1, -0.05) is 30.3 Å². The van der Waals surface area contributed by atoms with Crippen molar-refractivity contribution in [1.29, 1.82) is 0 Å². The van der Waals surface area contributed by atoms with Gasteiger partial charge in [0.25, 0.3) is 27.8 Å². The number of benzene rings is 3. The van der Waals surface area contributed by atoms with E-state index in [0.717, 1.165) is 75.3 Å². The number of hydroxylamine groups is 2. The highest BCUT2D eigenvalue weighted by Crippen LogP contribution is 2.46. The van der Waals surface area contributed by atoms with E-state index in [-0.39, 0.29) is 90.2 Å². The zero-order valence-corrected chi connectivity index (χ0v) is 55.6. The lowest BCUT2D eigenvalue weighted by atomic mass is 9.87. The second kappa shape index (κ2) is 36.7. The molecule has 490 valence electrons. The molecule has 2 heterocycles. The topological polar surface area (TPSA) is 285 Å². The summed E-state index contributed by atoms with van der Waals surface area (Å²) < 4.78 is 125. The minimum Gasteiger partial charge on any atom is -0.744 e. The third-order valence-electron chi connectivity index (χ3n) is 14.5. The van der Waals surface area contributed by atoms with Gasteiger partial charge in [0.1, 0.15) is 45.9 Å². The lowest BCUT2D eigenvalue weighted by Crippen LogP contribution is -2.55. The molecular weight excluding hydrogens is 1250 g/mol. The molecule has 1 atom stereocenters. The van der Waals surface area contributed by atoms with E-state index in [2.05, 4.69) is 45.9 Å². The van der Waals surface area contributed by atoms with Gasteiger partial charge in [0.05, 0.1) is 95.5 Å². The molecule has 3 aromatic carbocycles. The molecule has 1 fully saturated rings. The zero-order chi connectivity index (χ0) is 64.4. The standard InChI is InChI=1S/C60H82N4O20S4Si/c1-61(2)46-12-15-51-54(39-46)89(37-35-85-33-31-80-25-23-75-5,38-36-86-34-32-82-44-83-43-81-26-24-76-6)55-40-47(62(3)4)13-16-52(55)59(51)49-9-7-8-10-50(49)60(68)63(42-45-11-14-48(87(69,70)71)41-53(45)88(72,73)74)20-22-78-28-30-79-29-27-77-21-19-58(67)84-64-56(65)17-18-57(64)66/h7-16,39-41H,17-38,42-44H2,1-6H3,(H-,69,70,71,72,73,74). The fraction of sp³-hybridized carbons (Fsp3) is 0.517. The Morgan fingerprint density at radius 1 is 0.697 bits per heavy atom. The molecule has 0 aromatic heterocycles. The molecule has 0 spiro atoms. The smallest absolute Gasteiger partial charge is 0.335 e. The Bertz CT molecular complexity index is 3230. The second-order valence-electron chi connectivity index (χ2n) is 20.9. The zero-order valence-electron chi connectivity index (χ0n) is 51.3. The molecule has 0 bridgehead atoms. The third-order valence-corrected chi connectivity index (χ3v) is 24.0. The van der Waals surface area contributed by atoms with Crippen molar-refractivity contribution in [2.24, 2.45) is 0 Å². The average molecular weight is 1340 g/mol. The summed E-state index contributed by atoms with van der Waals surface area (Å²) in [6.07, 6.45) is 6.28. The minimum atomic E-state index is -5.38. The normalized spacial score (nSPS) is 15.8. The number of ether oxygens (including phenoxy) is 9. The van der Waals surface area contributed by atoms with Crippen LogP contribution in [0.15, 0.2) is 99.5 Å². The van der Waals surface area contributed by atoms with Gasteiger partial charge in [-0.25, -0.2) is 17.8 Å². The van der Waals surface area contributed by atoms with Crippen LogP contribution in [0.25, 0.3) is 5.57 Å². The van der Waals surface area contributed by atoms with Crippen molar-refractivity contribution in [2.45, 2.75) is 47.7 Å². The summed E-state index contributed by atoms with van der Waals surface area (Å²) >= 11 is 3.67. The Morgan fingerprint density at radius 3 is 1.92 bits per heavy atom. The number of carbonyl (C=O) groups excluding carboxylic acids is 4. The lowest BCUT2D eigenvalue weighted by Gasteiger charge is -2.43. The van der Waals surface area contributed by atoms with Crippen LogP contribution >= 0.6 is 23.5 Å². The number of hydrogen-bond acceptors (Lipinski definition) is 22. The number of imide groups is 1. The Kier molecular flexibility index (Phi) is 30.1. The van der Waals surface area contributed by atoms with E-state index < -0.39 is 68.3 Å². The molecule has 29 heteroatoms. The van der Waals surface area contributed by atoms with Crippen LogP contribution in [-0.4, -0.2) is 243 Å². The van der Waals surface area contributed by atoms with E-state index in [4.69, 9.17) is 47.5 Å². The summed E-state index contributed by atoms with van der Waals surface area (Å²) in [6, 6.07) is 18.1. The van der Waals surface area contributed by atoms with Gasteiger partial charge in [0, 0.05) is 89.2 Å². The number of amides is 3. The maximum Gasteiger partial charge on any atom is 0.335 e. The summed E-state index contributed by atoms with van der Waals surface area (Å²) in [5.41, 5.74) is 5.41. The summed E-state index contributed by atoms with van der Waals surface area (Å²) in [7, 11) is -1.86. The Hall–Kier alpha value is -5.19.